The van der Waals surface area contributed by atoms with E-state index in [1.54, 1.807) is 0 Å². The Morgan fingerprint density at radius 1 is 1.13 bits per heavy atom. The molecule has 6 heteroatoms. The molecule has 1 atom stereocenters. The van der Waals surface area contributed by atoms with Gasteiger partial charge in [-0.15, -0.1) is 0 Å². The van der Waals surface area contributed by atoms with Gasteiger partial charge in [0.2, 0.25) is 0 Å². The molecule has 1 saturated heterocycles. The smallest absolute Gasteiger partial charge is 0.293 e. The Bertz CT molecular complexity index is 669. The van der Waals surface area contributed by atoms with E-state index >= 15 is 0 Å². The van der Waals surface area contributed by atoms with Crippen molar-refractivity contribution in [3.8, 4) is 0 Å². The molecular weight excluding hydrogens is 378 g/mol. The SMILES string of the molecule is CC(C)(C)OC=O.CC(C)C(c1cccc(C(=O)NC(C)(C)C)c1)N1CCNCC1. The fraction of sp³-hybridized carbons (Fsp3) is 0.667. The molecule has 6 nitrogen and oxygen atoms in total. The minimum atomic E-state index is -0.318. The Labute approximate surface area is 182 Å². The van der Waals surface area contributed by atoms with Crippen LogP contribution in [0.15, 0.2) is 24.3 Å². The lowest BCUT2D eigenvalue weighted by Gasteiger charge is -2.37. The first-order valence-electron chi connectivity index (χ1n) is 10.8. The number of piperazine rings is 1. The fourth-order valence-electron chi connectivity index (χ4n) is 3.40. The third-order valence-electron chi connectivity index (χ3n) is 4.56. The van der Waals surface area contributed by atoms with Gasteiger partial charge in [0.1, 0.15) is 5.60 Å². The van der Waals surface area contributed by atoms with Crippen molar-refractivity contribution in [1.29, 1.82) is 0 Å². The first kappa shape index (κ1) is 26.1. The van der Waals surface area contributed by atoms with E-state index in [1.165, 1.54) is 5.56 Å². The number of carbonyl (C=O) groups excluding carboxylic acids is 2. The van der Waals surface area contributed by atoms with E-state index in [9.17, 15) is 9.59 Å². The van der Waals surface area contributed by atoms with Crippen LogP contribution < -0.4 is 10.6 Å². The van der Waals surface area contributed by atoms with Gasteiger partial charge < -0.3 is 15.4 Å². The molecule has 2 rings (SSSR count). The van der Waals surface area contributed by atoms with E-state index in [2.05, 4.69) is 46.3 Å². The molecule has 0 aromatic heterocycles. The summed E-state index contributed by atoms with van der Waals surface area (Å²) in [7, 11) is 0. The standard InChI is InChI=1S/C19H31N3O.C5H10O2/c1-14(2)17(22-11-9-20-10-12-22)15-7-6-8-16(13-15)18(23)21-19(3,4)5;1-5(2,3)7-4-6/h6-8,13-14,17,20H,9-12H2,1-5H3,(H,21,23);4H,1-3H3. The van der Waals surface area contributed by atoms with Crippen molar-refractivity contribution in [3.63, 3.8) is 0 Å². The molecule has 30 heavy (non-hydrogen) atoms. The summed E-state index contributed by atoms with van der Waals surface area (Å²) in [5.74, 6) is 0.510. The number of hydrogen-bond acceptors (Lipinski definition) is 5. The molecule has 1 amide bonds. The van der Waals surface area contributed by atoms with Crippen molar-refractivity contribution in [3.05, 3.63) is 35.4 Å². The van der Waals surface area contributed by atoms with Gasteiger partial charge in [0.05, 0.1) is 0 Å². The normalized spacial score (nSPS) is 16.3. The molecule has 170 valence electrons. The number of hydrogen-bond donors (Lipinski definition) is 2. The number of rotatable bonds is 5. The average molecular weight is 420 g/mol. The summed E-state index contributed by atoms with van der Waals surface area (Å²) in [6.45, 7) is 20.6. The number of nitrogens with zero attached hydrogens (tertiary/aromatic N) is 1. The van der Waals surface area contributed by atoms with E-state index in [0.29, 0.717) is 18.4 Å². The number of ether oxygens (including phenoxy) is 1. The lowest BCUT2D eigenvalue weighted by Crippen LogP contribution is -2.46. The van der Waals surface area contributed by atoms with Crippen LogP contribution in [0.3, 0.4) is 0 Å². The highest BCUT2D eigenvalue weighted by atomic mass is 16.5. The van der Waals surface area contributed by atoms with Gasteiger partial charge >= 0.3 is 0 Å². The molecule has 1 unspecified atom stereocenters. The number of benzene rings is 1. The molecule has 1 aromatic carbocycles. The maximum Gasteiger partial charge on any atom is 0.293 e. The first-order valence-corrected chi connectivity index (χ1v) is 10.8. The summed E-state index contributed by atoms with van der Waals surface area (Å²) in [5.41, 5.74) is 1.45. The molecule has 0 saturated carbocycles. The van der Waals surface area contributed by atoms with Crippen LogP contribution in [0.1, 0.15) is 77.4 Å². The van der Waals surface area contributed by atoms with Crippen molar-refractivity contribution in [2.75, 3.05) is 26.2 Å². The highest BCUT2D eigenvalue weighted by Gasteiger charge is 2.26. The fourth-order valence-corrected chi connectivity index (χ4v) is 3.40. The third-order valence-corrected chi connectivity index (χ3v) is 4.56. The van der Waals surface area contributed by atoms with E-state index in [1.807, 2.05) is 53.7 Å². The van der Waals surface area contributed by atoms with Gasteiger partial charge in [0, 0.05) is 43.3 Å². The van der Waals surface area contributed by atoms with Crippen molar-refractivity contribution in [1.82, 2.24) is 15.5 Å². The zero-order valence-electron chi connectivity index (χ0n) is 20.0. The quantitative estimate of drug-likeness (QED) is 0.711. The first-order chi connectivity index (χ1) is 13.8. The Balaban J connectivity index is 0.000000553. The van der Waals surface area contributed by atoms with E-state index in [0.717, 1.165) is 31.7 Å². The largest absolute Gasteiger partial charge is 0.462 e. The molecule has 1 fully saturated rings. The Morgan fingerprint density at radius 3 is 2.17 bits per heavy atom. The van der Waals surface area contributed by atoms with Gasteiger partial charge in [-0.2, -0.15) is 0 Å². The van der Waals surface area contributed by atoms with Crippen LogP contribution >= 0.6 is 0 Å². The molecule has 1 heterocycles. The predicted molar refractivity (Wildman–Crippen MR) is 123 cm³/mol. The monoisotopic (exact) mass is 419 g/mol. The maximum atomic E-state index is 12.4. The average Bonchev–Trinajstić information content (AvgIpc) is 2.61. The topological polar surface area (TPSA) is 70.7 Å². The summed E-state index contributed by atoms with van der Waals surface area (Å²) in [6.07, 6.45) is 0. The second-order valence-electron chi connectivity index (χ2n) is 10.1. The van der Waals surface area contributed by atoms with Crippen LogP contribution in [-0.2, 0) is 9.53 Å². The van der Waals surface area contributed by atoms with Crippen molar-refractivity contribution < 1.29 is 14.3 Å². The molecular formula is C24H41N3O3. The van der Waals surface area contributed by atoms with Gasteiger partial charge in [-0.1, -0.05) is 26.0 Å². The van der Waals surface area contributed by atoms with E-state index in [4.69, 9.17) is 0 Å². The zero-order valence-corrected chi connectivity index (χ0v) is 20.0. The number of carbonyl (C=O) groups is 2. The van der Waals surface area contributed by atoms with Gasteiger partial charge in [-0.05, 0) is 65.2 Å². The molecule has 0 aliphatic carbocycles. The van der Waals surface area contributed by atoms with Crippen LogP contribution in [0.2, 0.25) is 0 Å². The minimum absolute atomic E-state index is 0.00201. The summed E-state index contributed by atoms with van der Waals surface area (Å²) < 4.78 is 4.55. The summed E-state index contributed by atoms with van der Waals surface area (Å²) in [5, 5.41) is 6.46. The van der Waals surface area contributed by atoms with Gasteiger partial charge in [0.25, 0.3) is 12.4 Å². The zero-order chi connectivity index (χ0) is 22.9. The Kier molecular flexibility index (Phi) is 9.98. The predicted octanol–water partition coefficient (Wildman–Crippen LogP) is 3.78. The second-order valence-corrected chi connectivity index (χ2v) is 10.1. The number of nitrogens with one attached hydrogen (secondary N) is 2. The van der Waals surface area contributed by atoms with Crippen LogP contribution in [0.4, 0.5) is 0 Å². The van der Waals surface area contributed by atoms with Crippen LogP contribution in [0.25, 0.3) is 0 Å². The maximum absolute atomic E-state index is 12.4. The van der Waals surface area contributed by atoms with Gasteiger partial charge in [-0.25, -0.2) is 0 Å². The molecule has 0 bridgehead atoms. The number of amides is 1. The van der Waals surface area contributed by atoms with Crippen LogP contribution in [0, 0.1) is 5.92 Å². The second kappa shape index (κ2) is 11.5. The molecule has 1 aromatic rings. The van der Waals surface area contributed by atoms with Gasteiger partial charge in [0.15, 0.2) is 0 Å². The molecule has 0 radical (unpaired) electrons. The lowest BCUT2D eigenvalue weighted by atomic mass is 9.92. The van der Waals surface area contributed by atoms with E-state index in [-0.39, 0.29) is 17.0 Å². The Hall–Kier alpha value is -1.92. The molecule has 1 aliphatic rings. The van der Waals surface area contributed by atoms with Crippen molar-refractivity contribution >= 4 is 12.4 Å². The molecule has 0 spiro atoms. The van der Waals surface area contributed by atoms with E-state index < -0.39 is 0 Å². The third kappa shape index (κ3) is 9.72. The summed E-state index contributed by atoms with van der Waals surface area (Å²) in [4.78, 5) is 24.6. The highest BCUT2D eigenvalue weighted by molar-refractivity contribution is 5.94. The molecule has 2 N–H and O–H groups in total. The highest BCUT2D eigenvalue weighted by Crippen LogP contribution is 2.29. The summed E-state index contributed by atoms with van der Waals surface area (Å²) >= 11 is 0. The minimum Gasteiger partial charge on any atom is -0.462 e. The Morgan fingerprint density at radius 2 is 1.73 bits per heavy atom. The van der Waals surface area contributed by atoms with Gasteiger partial charge in [-0.3, -0.25) is 14.5 Å². The summed E-state index contributed by atoms with van der Waals surface area (Å²) in [6, 6.07) is 8.48. The van der Waals surface area contributed by atoms with Crippen LogP contribution in [-0.4, -0.2) is 54.6 Å². The van der Waals surface area contributed by atoms with Crippen molar-refractivity contribution in [2.45, 2.75) is 72.6 Å². The van der Waals surface area contributed by atoms with Crippen molar-refractivity contribution in [2.24, 2.45) is 5.92 Å². The molecule has 1 aliphatic heterocycles. The van der Waals surface area contributed by atoms with Crippen LogP contribution in [0.5, 0.6) is 0 Å². The lowest BCUT2D eigenvalue weighted by molar-refractivity contribution is -0.138.